The molecule has 1 saturated carbocycles. The Bertz CT molecular complexity index is 240. The zero-order chi connectivity index (χ0) is 11.5. The maximum atomic E-state index is 11.8. The van der Waals surface area contributed by atoms with E-state index in [1.807, 2.05) is 4.90 Å². The zero-order valence-electron chi connectivity index (χ0n) is 10.4. The molecule has 1 amide bonds. The molecule has 1 heterocycles. The van der Waals surface area contributed by atoms with Crippen LogP contribution >= 0.6 is 0 Å². The second-order valence-corrected chi connectivity index (χ2v) is 5.51. The fourth-order valence-corrected chi connectivity index (χ4v) is 2.45. The first kappa shape index (κ1) is 11.7. The molecule has 1 aliphatic carbocycles. The van der Waals surface area contributed by atoms with Gasteiger partial charge in [-0.1, -0.05) is 13.8 Å². The molecule has 0 spiro atoms. The second-order valence-electron chi connectivity index (χ2n) is 5.51. The third kappa shape index (κ3) is 2.69. The number of rotatable bonds is 2. The lowest BCUT2D eigenvalue weighted by Gasteiger charge is -2.35. The third-order valence-electron chi connectivity index (χ3n) is 4.06. The van der Waals surface area contributed by atoms with Crippen LogP contribution in [0.2, 0.25) is 0 Å². The Kier molecular flexibility index (Phi) is 3.72. The van der Waals surface area contributed by atoms with E-state index in [4.69, 9.17) is 4.74 Å². The molecule has 0 atom stereocenters. The van der Waals surface area contributed by atoms with Crippen molar-refractivity contribution in [1.82, 2.24) is 4.90 Å². The first-order chi connectivity index (χ1) is 7.66. The van der Waals surface area contributed by atoms with Gasteiger partial charge in [0, 0.05) is 13.1 Å². The van der Waals surface area contributed by atoms with Crippen molar-refractivity contribution < 1.29 is 9.53 Å². The Morgan fingerprint density at radius 3 is 2.25 bits per heavy atom. The molecule has 2 rings (SSSR count). The van der Waals surface area contributed by atoms with Gasteiger partial charge >= 0.3 is 6.09 Å². The summed E-state index contributed by atoms with van der Waals surface area (Å²) < 4.78 is 5.41. The van der Waals surface area contributed by atoms with Gasteiger partial charge in [-0.15, -0.1) is 0 Å². The Morgan fingerprint density at radius 1 is 1.19 bits per heavy atom. The van der Waals surface area contributed by atoms with Crippen LogP contribution in [-0.4, -0.2) is 30.2 Å². The minimum Gasteiger partial charge on any atom is -0.446 e. The van der Waals surface area contributed by atoms with E-state index in [-0.39, 0.29) is 12.2 Å². The van der Waals surface area contributed by atoms with E-state index in [0.29, 0.717) is 0 Å². The van der Waals surface area contributed by atoms with Gasteiger partial charge in [-0.25, -0.2) is 4.79 Å². The monoisotopic (exact) mass is 225 g/mol. The second kappa shape index (κ2) is 5.07. The highest BCUT2D eigenvalue weighted by atomic mass is 16.6. The van der Waals surface area contributed by atoms with E-state index in [0.717, 1.165) is 50.6 Å². The third-order valence-corrected chi connectivity index (χ3v) is 4.06. The molecule has 0 radical (unpaired) electrons. The van der Waals surface area contributed by atoms with Gasteiger partial charge in [0.1, 0.15) is 6.10 Å². The highest BCUT2D eigenvalue weighted by Gasteiger charge is 2.28. The van der Waals surface area contributed by atoms with Crippen molar-refractivity contribution in [3.63, 3.8) is 0 Å². The Morgan fingerprint density at radius 2 is 1.81 bits per heavy atom. The maximum absolute atomic E-state index is 11.8. The number of hydrogen-bond donors (Lipinski definition) is 0. The number of amides is 1. The molecule has 3 heteroatoms. The van der Waals surface area contributed by atoms with Crippen molar-refractivity contribution in [2.75, 3.05) is 13.1 Å². The number of hydrogen-bond acceptors (Lipinski definition) is 2. The molecule has 2 fully saturated rings. The predicted octanol–water partition coefficient (Wildman–Crippen LogP) is 3.04. The van der Waals surface area contributed by atoms with Crippen molar-refractivity contribution in [3.05, 3.63) is 0 Å². The summed E-state index contributed by atoms with van der Waals surface area (Å²) in [5.74, 6) is 1.53. The van der Waals surface area contributed by atoms with Crippen LogP contribution in [0.1, 0.15) is 46.0 Å². The quantitative estimate of drug-likeness (QED) is 0.723. The lowest BCUT2D eigenvalue weighted by atomic mass is 9.87. The minimum absolute atomic E-state index is 0.0769. The van der Waals surface area contributed by atoms with Crippen molar-refractivity contribution in [1.29, 1.82) is 0 Å². The van der Waals surface area contributed by atoms with E-state index in [9.17, 15) is 4.79 Å². The van der Waals surface area contributed by atoms with Crippen LogP contribution in [0.5, 0.6) is 0 Å². The molecular weight excluding hydrogens is 202 g/mol. The van der Waals surface area contributed by atoms with Gasteiger partial charge in [0.05, 0.1) is 0 Å². The fraction of sp³-hybridized carbons (Fsp3) is 0.923. The summed E-state index contributed by atoms with van der Waals surface area (Å²) in [6.45, 7) is 6.31. The molecular formula is C13H23NO2. The van der Waals surface area contributed by atoms with Crippen molar-refractivity contribution in [3.8, 4) is 0 Å². The van der Waals surface area contributed by atoms with Gasteiger partial charge < -0.3 is 9.64 Å². The molecule has 2 aliphatic rings. The predicted molar refractivity (Wildman–Crippen MR) is 63.3 cm³/mol. The first-order valence-electron chi connectivity index (χ1n) is 6.62. The van der Waals surface area contributed by atoms with Crippen LogP contribution < -0.4 is 0 Å². The average molecular weight is 225 g/mol. The van der Waals surface area contributed by atoms with Gasteiger partial charge in [-0.05, 0) is 43.9 Å². The summed E-state index contributed by atoms with van der Waals surface area (Å²) in [6, 6.07) is 0. The Hall–Kier alpha value is -0.730. The molecule has 0 aromatic heterocycles. The van der Waals surface area contributed by atoms with Crippen LogP contribution in [-0.2, 0) is 4.74 Å². The molecule has 1 aliphatic heterocycles. The van der Waals surface area contributed by atoms with E-state index in [1.54, 1.807) is 0 Å². The van der Waals surface area contributed by atoms with Gasteiger partial charge in [-0.2, -0.15) is 0 Å². The summed E-state index contributed by atoms with van der Waals surface area (Å²) in [5, 5.41) is 0. The van der Waals surface area contributed by atoms with Crippen LogP contribution in [0.3, 0.4) is 0 Å². The Balaban J connectivity index is 1.72. The maximum Gasteiger partial charge on any atom is 0.410 e. The molecule has 0 aromatic carbocycles. The van der Waals surface area contributed by atoms with Crippen LogP contribution in [0.4, 0.5) is 4.79 Å². The molecule has 0 aromatic rings. The lowest BCUT2D eigenvalue weighted by molar-refractivity contribution is 0.0188. The number of ether oxygens (including phenoxy) is 1. The summed E-state index contributed by atoms with van der Waals surface area (Å²) in [6.07, 6.45) is 5.76. The molecule has 1 saturated heterocycles. The lowest BCUT2D eigenvalue weighted by Crippen LogP contribution is -2.42. The van der Waals surface area contributed by atoms with E-state index in [1.165, 1.54) is 6.42 Å². The SMILES string of the molecule is CC(C)C1CCN(C(=O)OC2CCC2)CC1. The van der Waals surface area contributed by atoms with Crippen LogP contribution in [0, 0.1) is 11.8 Å². The number of carbonyl (C=O) groups is 1. The van der Waals surface area contributed by atoms with E-state index < -0.39 is 0 Å². The molecule has 3 nitrogen and oxygen atoms in total. The number of nitrogens with zero attached hydrogens (tertiary/aromatic N) is 1. The molecule has 16 heavy (non-hydrogen) atoms. The van der Waals surface area contributed by atoms with Crippen LogP contribution in [0.25, 0.3) is 0 Å². The highest BCUT2D eigenvalue weighted by molar-refractivity contribution is 5.68. The van der Waals surface area contributed by atoms with Gasteiger partial charge in [-0.3, -0.25) is 0 Å². The fourth-order valence-electron chi connectivity index (χ4n) is 2.45. The summed E-state index contributed by atoms with van der Waals surface area (Å²) in [7, 11) is 0. The first-order valence-corrected chi connectivity index (χ1v) is 6.62. The summed E-state index contributed by atoms with van der Waals surface area (Å²) in [5.41, 5.74) is 0. The summed E-state index contributed by atoms with van der Waals surface area (Å²) in [4.78, 5) is 13.7. The number of piperidine rings is 1. The van der Waals surface area contributed by atoms with Crippen molar-refractivity contribution in [2.45, 2.75) is 52.1 Å². The van der Waals surface area contributed by atoms with Crippen LogP contribution in [0.15, 0.2) is 0 Å². The van der Waals surface area contributed by atoms with Crippen molar-refractivity contribution in [2.24, 2.45) is 11.8 Å². The van der Waals surface area contributed by atoms with Gasteiger partial charge in [0.25, 0.3) is 0 Å². The number of likely N-dealkylation sites (tertiary alicyclic amines) is 1. The zero-order valence-corrected chi connectivity index (χ0v) is 10.4. The van der Waals surface area contributed by atoms with E-state index >= 15 is 0 Å². The smallest absolute Gasteiger partial charge is 0.410 e. The largest absolute Gasteiger partial charge is 0.446 e. The topological polar surface area (TPSA) is 29.5 Å². The van der Waals surface area contributed by atoms with Gasteiger partial charge in [0.15, 0.2) is 0 Å². The normalized spacial score (nSPS) is 23.3. The average Bonchev–Trinajstić information content (AvgIpc) is 2.23. The molecule has 0 unspecified atom stereocenters. The van der Waals surface area contributed by atoms with Crippen molar-refractivity contribution >= 4 is 6.09 Å². The standard InChI is InChI=1S/C13H23NO2/c1-10(2)11-6-8-14(9-7-11)13(15)16-12-4-3-5-12/h10-12H,3-9H2,1-2H3. The molecule has 0 N–H and O–H groups in total. The molecule has 0 bridgehead atoms. The summed E-state index contributed by atoms with van der Waals surface area (Å²) >= 11 is 0. The van der Waals surface area contributed by atoms with Gasteiger partial charge in [0.2, 0.25) is 0 Å². The highest BCUT2D eigenvalue weighted by Crippen LogP contribution is 2.26. The number of carbonyl (C=O) groups excluding carboxylic acids is 1. The van der Waals surface area contributed by atoms with E-state index in [2.05, 4.69) is 13.8 Å². The Labute approximate surface area is 98.1 Å². The molecule has 92 valence electrons. The minimum atomic E-state index is -0.0769.